The van der Waals surface area contributed by atoms with Crippen molar-refractivity contribution in [2.24, 2.45) is 0 Å². The highest BCUT2D eigenvalue weighted by Gasteiger charge is 2.41. The quantitative estimate of drug-likeness (QED) is 0.349. The average Bonchev–Trinajstić information content (AvgIpc) is 3.32. The summed E-state index contributed by atoms with van der Waals surface area (Å²) in [7, 11) is 0. The fraction of sp³-hybridized carbons (Fsp3) is 0.222. The molecule has 1 aromatic carbocycles. The minimum absolute atomic E-state index is 0.0381. The Kier molecular flexibility index (Phi) is 6.11. The van der Waals surface area contributed by atoms with Gasteiger partial charge in [-0.25, -0.2) is 0 Å². The van der Waals surface area contributed by atoms with E-state index in [2.05, 4.69) is 63.7 Å². The third kappa shape index (κ3) is 3.97. The van der Waals surface area contributed by atoms with Crippen molar-refractivity contribution in [1.29, 1.82) is 0 Å². The van der Waals surface area contributed by atoms with Gasteiger partial charge in [0, 0.05) is 34.5 Å². The van der Waals surface area contributed by atoms with Crippen LogP contribution in [0, 0.1) is 20.8 Å². The van der Waals surface area contributed by atoms with E-state index in [0.717, 1.165) is 39.0 Å². The van der Waals surface area contributed by atoms with Gasteiger partial charge < -0.3 is 14.8 Å². The number of aryl methyl sites for hydroxylation is 1. The molecule has 0 bridgehead atoms. The molecule has 0 spiro atoms. The SMILES string of the molecule is Cc1c(Cl)cccc1-n1c(C)cc([C@@H]2[C@@H](c3ccccn3)NC(=S)N2Cc2ccccn2)c1C. The second-order valence-corrected chi connectivity index (χ2v) is 9.42. The molecule has 1 saturated heterocycles. The lowest BCUT2D eigenvalue weighted by molar-refractivity contribution is 0.307. The molecule has 172 valence electrons. The minimum Gasteiger partial charge on any atom is -0.352 e. The maximum absolute atomic E-state index is 6.47. The van der Waals surface area contributed by atoms with E-state index in [-0.39, 0.29) is 12.1 Å². The zero-order chi connectivity index (χ0) is 23.8. The highest BCUT2D eigenvalue weighted by atomic mass is 35.5. The second kappa shape index (κ2) is 9.20. The highest BCUT2D eigenvalue weighted by Crippen LogP contribution is 2.42. The van der Waals surface area contributed by atoms with Gasteiger partial charge in [-0.05, 0) is 86.6 Å². The van der Waals surface area contributed by atoms with Gasteiger partial charge in [0.15, 0.2) is 5.11 Å². The first-order valence-electron chi connectivity index (χ1n) is 11.3. The van der Waals surface area contributed by atoms with Crippen LogP contribution >= 0.6 is 23.8 Å². The molecule has 34 heavy (non-hydrogen) atoms. The van der Waals surface area contributed by atoms with Crippen molar-refractivity contribution in [2.45, 2.75) is 39.4 Å². The zero-order valence-electron chi connectivity index (χ0n) is 19.4. The summed E-state index contributed by atoms with van der Waals surface area (Å²) in [5.41, 5.74) is 7.59. The number of hydrogen-bond acceptors (Lipinski definition) is 3. The number of aromatic nitrogens is 3. The van der Waals surface area contributed by atoms with Gasteiger partial charge in [-0.15, -0.1) is 0 Å². The Bertz CT molecular complexity index is 1340. The lowest BCUT2D eigenvalue weighted by Gasteiger charge is -2.28. The molecule has 0 saturated carbocycles. The van der Waals surface area contributed by atoms with Gasteiger partial charge in [0.2, 0.25) is 0 Å². The van der Waals surface area contributed by atoms with Crippen molar-refractivity contribution >= 4 is 28.9 Å². The standard InChI is InChI=1S/C27H26ClN5S/c1-17-15-21(19(3)33(17)24-12-8-10-22(28)18(24)2)26-25(23-11-5-7-14-30-23)31-27(34)32(26)16-20-9-4-6-13-29-20/h4-15,25-26H,16H2,1-3H3,(H,31,34)/t25-,26-/m1/s1. The van der Waals surface area contributed by atoms with E-state index in [4.69, 9.17) is 23.8 Å². The molecule has 1 N–H and O–H groups in total. The van der Waals surface area contributed by atoms with E-state index in [1.807, 2.05) is 54.9 Å². The van der Waals surface area contributed by atoms with E-state index < -0.39 is 0 Å². The van der Waals surface area contributed by atoms with Crippen molar-refractivity contribution in [1.82, 2.24) is 24.8 Å². The number of nitrogens with zero attached hydrogens (tertiary/aromatic N) is 4. The molecule has 5 nitrogen and oxygen atoms in total. The van der Waals surface area contributed by atoms with Gasteiger partial charge in [-0.1, -0.05) is 29.8 Å². The van der Waals surface area contributed by atoms with E-state index in [1.165, 1.54) is 5.56 Å². The summed E-state index contributed by atoms with van der Waals surface area (Å²) < 4.78 is 2.28. The molecular formula is C27H26ClN5S. The molecule has 1 aliphatic rings. The Balaban J connectivity index is 1.64. The minimum atomic E-state index is -0.0770. The van der Waals surface area contributed by atoms with E-state index >= 15 is 0 Å². The normalized spacial score (nSPS) is 17.8. The van der Waals surface area contributed by atoms with Crippen LogP contribution in [-0.4, -0.2) is 24.5 Å². The topological polar surface area (TPSA) is 46.0 Å². The number of hydrogen-bond donors (Lipinski definition) is 1. The number of benzene rings is 1. The average molecular weight is 488 g/mol. The van der Waals surface area contributed by atoms with Gasteiger partial charge in [0.25, 0.3) is 0 Å². The van der Waals surface area contributed by atoms with Crippen LogP contribution in [0.15, 0.2) is 73.1 Å². The van der Waals surface area contributed by atoms with E-state index in [1.54, 1.807) is 0 Å². The third-order valence-corrected chi connectivity index (χ3v) is 7.29. The number of thiocarbonyl (C=S) groups is 1. The zero-order valence-corrected chi connectivity index (χ0v) is 20.9. The first kappa shape index (κ1) is 22.6. The molecule has 0 aliphatic carbocycles. The van der Waals surface area contributed by atoms with Crippen LogP contribution in [0.4, 0.5) is 0 Å². The summed E-state index contributed by atoms with van der Waals surface area (Å²) >= 11 is 12.3. The number of nitrogens with one attached hydrogen (secondary N) is 1. The van der Waals surface area contributed by atoms with Gasteiger partial charge >= 0.3 is 0 Å². The predicted molar refractivity (Wildman–Crippen MR) is 140 cm³/mol. The van der Waals surface area contributed by atoms with Crippen LogP contribution in [0.3, 0.4) is 0 Å². The van der Waals surface area contributed by atoms with Crippen molar-refractivity contribution in [3.05, 3.63) is 112 Å². The Labute approximate surface area is 210 Å². The fourth-order valence-electron chi connectivity index (χ4n) is 4.88. The predicted octanol–water partition coefficient (Wildman–Crippen LogP) is 6.02. The summed E-state index contributed by atoms with van der Waals surface area (Å²) in [6.45, 7) is 6.97. The highest BCUT2D eigenvalue weighted by molar-refractivity contribution is 7.80. The summed E-state index contributed by atoms with van der Waals surface area (Å²) in [5.74, 6) is 0. The first-order chi connectivity index (χ1) is 16.5. The van der Waals surface area contributed by atoms with Crippen LogP contribution in [0.25, 0.3) is 5.69 Å². The Morgan fingerprint density at radius 1 is 0.971 bits per heavy atom. The number of rotatable bonds is 5. The van der Waals surface area contributed by atoms with Crippen molar-refractivity contribution in [3.8, 4) is 5.69 Å². The Morgan fingerprint density at radius 3 is 2.44 bits per heavy atom. The maximum atomic E-state index is 6.47. The molecular weight excluding hydrogens is 462 g/mol. The van der Waals surface area contributed by atoms with Gasteiger partial charge in [-0.2, -0.15) is 0 Å². The summed E-state index contributed by atoms with van der Waals surface area (Å²) in [4.78, 5) is 11.4. The second-order valence-electron chi connectivity index (χ2n) is 8.62. The van der Waals surface area contributed by atoms with E-state index in [0.29, 0.717) is 11.7 Å². The van der Waals surface area contributed by atoms with Gasteiger partial charge in [0.1, 0.15) is 0 Å². The molecule has 5 rings (SSSR count). The van der Waals surface area contributed by atoms with Crippen LogP contribution in [0.1, 0.15) is 46.0 Å². The molecule has 4 heterocycles. The molecule has 0 radical (unpaired) electrons. The monoisotopic (exact) mass is 487 g/mol. The number of pyridine rings is 2. The molecule has 1 fully saturated rings. The van der Waals surface area contributed by atoms with Crippen molar-refractivity contribution in [3.63, 3.8) is 0 Å². The Hall–Kier alpha value is -3.22. The molecule has 0 unspecified atom stereocenters. The van der Waals surface area contributed by atoms with Crippen LogP contribution in [0.5, 0.6) is 0 Å². The maximum Gasteiger partial charge on any atom is 0.170 e. The fourth-order valence-corrected chi connectivity index (χ4v) is 5.35. The summed E-state index contributed by atoms with van der Waals surface area (Å²) in [5, 5.41) is 5.01. The largest absolute Gasteiger partial charge is 0.352 e. The summed E-state index contributed by atoms with van der Waals surface area (Å²) in [6.07, 6.45) is 3.65. The lowest BCUT2D eigenvalue weighted by Crippen LogP contribution is -2.29. The molecule has 7 heteroatoms. The smallest absolute Gasteiger partial charge is 0.170 e. The molecule has 1 aliphatic heterocycles. The van der Waals surface area contributed by atoms with E-state index in [9.17, 15) is 0 Å². The molecule has 4 aromatic rings. The van der Waals surface area contributed by atoms with Crippen molar-refractivity contribution in [2.75, 3.05) is 0 Å². The van der Waals surface area contributed by atoms with Crippen LogP contribution in [0.2, 0.25) is 5.02 Å². The number of halogens is 1. The first-order valence-corrected chi connectivity index (χ1v) is 12.1. The molecule has 2 atom stereocenters. The lowest BCUT2D eigenvalue weighted by atomic mass is 9.96. The van der Waals surface area contributed by atoms with Crippen LogP contribution < -0.4 is 5.32 Å². The summed E-state index contributed by atoms with van der Waals surface area (Å²) in [6, 6.07) is 20.2. The Morgan fingerprint density at radius 2 is 1.74 bits per heavy atom. The van der Waals surface area contributed by atoms with Gasteiger partial charge in [0.05, 0.1) is 30.0 Å². The van der Waals surface area contributed by atoms with Gasteiger partial charge in [-0.3, -0.25) is 9.97 Å². The molecule has 3 aromatic heterocycles. The third-order valence-electron chi connectivity index (χ3n) is 6.53. The molecule has 0 amide bonds. The van der Waals surface area contributed by atoms with Crippen LogP contribution in [-0.2, 0) is 6.54 Å². The van der Waals surface area contributed by atoms with Crippen molar-refractivity contribution < 1.29 is 0 Å².